The minimum absolute atomic E-state index is 0.231. The van der Waals surface area contributed by atoms with E-state index in [1.807, 2.05) is 0 Å². The molecule has 0 spiro atoms. The van der Waals surface area contributed by atoms with Gasteiger partial charge in [0.1, 0.15) is 0 Å². The van der Waals surface area contributed by atoms with Gasteiger partial charge in [-0.1, -0.05) is 37.1 Å². The zero-order valence-corrected chi connectivity index (χ0v) is 20.0. The van der Waals surface area contributed by atoms with Gasteiger partial charge < -0.3 is 15.1 Å². The molecule has 0 aromatic rings. The van der Waals surface area contributed by atoms with Crippen molar-refractivity contribution in [2.45, 2.75) is 96.3 Å². The van der Waals surface area contributed by atoms with Gasteiger partial charge in [-0.3, -0.25) is 4.74 Å². The maximum atomic E-state index is 12.6. The minimum Gasteiger partial charge on any atom is -0.393 e. The fourth-order valence-corrected chi connectivity index (χ4v) is 7.53. The Morgan fingerprint density at radius 2 is 1.88 bits per heavy atom. The van der Waals surface area contributed by atoms with Crippen molar-refractivity contribution in [2.24, 2.45) is 23.2 Å². The first-order chi connectivity index (χ1) is 15.5. The monoisotopic (exact) mass is 471 g/mol. The standard InChI is InChI=1S/C26H40F3NO3/c1-17(15-30-11-9-22(16-30)33-26(27,28)29)23-7-8-24-19(4-3-10-25(23,24)2)6-5-18-12-20(31)14-21(32)13-18/h5-6,17,20-24,31-32H,3-4,7-16H2,1-2H3/b18-5-,19-6+/t17-,20+,21-,22-,23-,24+,25-/m1/s1. The fourth-order valence-electron chi connectivity index (χ4n) is 7.53. The lowest BCUT2D eigenvalue weighted by atomic mass is 9.61. The summed E-state index contributed by atoms with van der Waals surface area (Å²) >= 11 is 0. The zero-order chi connectivity index (χ0) is 23.8. The topological polar surface area (TPSA) is 52.9 Å². The van der Waals surface area contributed by atoms with E-state index in [0.29, 0.717) is 56.5 Å². The number of likely N-dealkylation sites (tertiary alicyclic amines) is 1. The van der Waals surface area contributed by atoms with Gasteiger partial charge in [0, 0.05) is 19.6 Å². The summed E-state index contributed by atoms with van der Waals surface area (Å²) in [6.45, 7) is 6.59. The van der Waals surface area contributed by atoms with Crippen molar-refractivity contribution >= 4 is 0 Å². The van der Waals surface area contributed by atoms with E-state index in [4.69, 9.17) is 0 Å². The molecule has 4 fully saturated rings. The van der Waals surface area contributed by atoms with Crippen LogP contribution in [0.1, 0.15) is 71.6 Å². The Morgan fingerprint density at radius 1 is 1.15 bits per heavy atom. The summed E-state index contributed by atoms with van der Waals surface area (Å²) in [5, 5.41) is 19.9. The first kappa shape index (κ1) is 25.2. The molecule has 188 valence electrons. The van der Waals surface area contributed by atoms with Gasteiger partial charge in [0.05, 0.1) is 18.3 Å². The third kappa shape index (κ3) is 6.03. The van der Waals surface area contributed by atoms with E-state index in [-0.39, 0.29) is 5.41 Å². The molecule has 4 nitrogen and oxygen atoms in total. The summed E-state index contributed by atoms with van der Waals surface area (Å²) < 4.78 is 41.9. The molecule has 0 aromatic carbocycles. The second-order valence-electron chi connectivity index (χ2n) is 11.3. The van der Waals surface area contributed by atoms with Crippen molar-refractivity contribution in [1.82, 2.24) is 4.90 Å². The highest BCUT2D eigenvalue weighted by Gasteiger charge is 2.51. The first-order valence-electron chi connectivity index (χ1n) is 12.7. The fraction of sp³-hybridized carbons (Fsp3) is 0.846. The molecular formula is C26H40F3NO3. The molecule has 0 radical (unpaired) electrons. The van der Waals surface area contributed by atoms with Gasteiger partial charge in [-0.2, -0.15) is 0 Å². The summed E-state index contributed by atoms with van der Waals surface area (Å²) in [5.41, 5.74) is 2.86. The van der Waals surface area contributed by atoms with Crippen LogP contribution < -0.4 is 0 Å². The second kappa shape index (κ2) is 10.00. The molecule has 3 aliphatic carbocycles. The molecule has 7 heteroatoms. The molecule has 0 unspecified atom stereocenters. The van der Waals surface area contributed by atoms with E-state index in [2.05, 4.69) is 35.6 Å². The average molecular weight is 472 g/mol. The van der Waals surface area contributed by atoms with Crippen molar-refractivity contribution in [1.29, 1.82) is 0 Å². The first-order valence-corrected chi connectivity index (χ1v) is 12.7. The molecule has 7 atom stereocenters. The van der Waals surface area contributed by atoms with Crippen LogP contribution in [0.3, 0.4) is 0 Å². The zero-order valence-electron chi connectivity index (χ0n) is 20.0. The lowest BCUT2D eigenvalue weighted by molar-refractivity contribution is -0.340. The smallest absolute Gasteiger partial charge is 0.393 e. The molecule has 1 aliphatic heterocycles. The van der Waals surface area contributed by atoms with E-state index in [1.54, 1.807) is 0 Å². The predicted molar refractivity (Wildman–Crippen MR) is 121 cm³/mol. The molecule has 1 heterocycles. The summed E-state index contributed by atoms with van der Waals surface area (Å²) in [5.74, 6) is 1.56. The van der Waals surface area contributed by atoms with Gasteiger partial charge in [0.2, 0.25) is 0 Å². The van der Waals surface area contributed by atoms with Crippen LogP contribution in [0.2, 0.25) is 0 Å². The van der Waals surface area contributed by atoms with Gasteiger partial charge >= 0.3 is 6.36 Å². The maximum absolute atomic E-state index is 12.6. The van der Waals surface area contributed by atoms with Crippen LogP contribution >= 0.6 is 0 Å². The number of fused-ring (bicyclic) bond motifs is 1. The van der Waals surface area contributed by atoms with Crippen LogP contribution in [0.25, 0.3) is 0 Å². The number of nitrogens with zero attached hydrogens (tertiary/aromatic N) is 1. The number of aliphatic hydroxyl groups is 2. The van der Waals surface area contributed by atoms with Crippen LogP contribution in [0.4, 0.5) is 13.2 Å². The van der Waals surface area contributed by atoms with Crippen molar-refractivity contribution in [3.05, 3.63) is 23.3 Å². The number of rotatable bonds is 5. The molecule has 4 aliphatic rings. The molecule has 4 rings (SSSR count). The van der Waals surface area contributed by atoms with Gasteiger partial charge in [0.25, 0.3) is 0 Å². The molecule has 1 saturated heterocycles. The summed E-state index contributed by atoms with van der Waals surface area (Å²) in [4.78, 5) is 2.15. The van der Waals surface area contributed by atoms with Gasteiger partial charge in [0.15, 0.2) is 0 Å². The number of hydrogen-bond donors (Lipinski definition) is 2. The highest BCUT2D eigenvalue weighted by Crippen LogP contribution is 2.59. The number of alkyl halides is 3. The molecule has 0 aromatic heterocycles. The third-order valence-electron chi connectivity index (χ3n) is 8.87. The second-order valence-corrected chi connectivity index (χ2v) is 11.3. The lowest BCUT2D eigenvalue weighted by Gasteiger charge is -2.45. The number of halogens is 3. The van der Waals surface area contributed by atoms with E-state index in [1.165, 1.54) is 31.3 Å². The molecular weight excluding hydrogens is 431 g/mol. The Kier molecular flexibility index (Phi) is 7.64. The number of ether oxygens (including phenoxy) is 1. The van der Waals surface area contributed by atoms with Gasteiger partial charge in [-0.15, -0.1) is 13.2 Å². The number of hydrogen-bond acceptors (Lipinski definition) is 4. The van der Waals surface area contributed by atoms with Crippen LogP contribution in [0.15, 0.2) is 23.3 Å². The Labute approximate surface area is 195 Å². The maximum Gasteiger partial charge on any atom is 0.522 e. The summed E-state index contributed by atoms with van der Waals surface area (Å²) in [6, 6.07) is 0. The van der Waals surface area contributed by atoms with Gasteiger partial charge in [-0.05, 0) is 81.0 Å². The molecule has 3 saturated carbocycles. The Balaban J connectivity index is 1.38. The SMILES string of the molecule is C[C@H](CN1CC[C@@H](OC(F)(F)F)C1)[C@H]1CC[C@H]2/C(=C/C=C3\C[C@@H](O)C[C@@H](O)C3)CCC[C@]12C. The van der Waals surface area contributed by atoms with Crippen molar-refractivity contribution in [3.63, 3.8) is 0 Å². The van der Waals surface area contributed by atoms with E-state index in [0.717, 1.165) is 18.5 Å². The number of allylic oxidation sites excluding steroid dienone is 3. The predicted octanol–water partition coefficient (Wildman–Crippen LogP) is 5.21. The summed E-state index contributed by atoms with van der Waals surface area (Å²) in [7, 11) is 0. The van der Waals surface area contributed by atoms with Crippen LogP contribution in [-0.2, 0) is 4.74 Å². The van der Waals surface area contributed by atoms with Crippen molar-refractivity contribution in [3.8, 4) is 0 Å². The summed E-state index contributed by atoms with van der Waals surface area (Å²) in [6.07, 6.45) is 6.28. The molecule has 0 amide bonds. The Bertz CT molecular complexity index is 740. The van der Waals surface area contributed by atoms with Crippen LogP contribution in [0.5, 0.6) is 0 Å². The largest absolute Gasteiger partial charge is 0.522 e. The minimum atomic E-state index is -4.55. The Morgan fingerprint density at radius 3 is 2.58 bits per heavy atom. The highest BCUT2D eigenvalue weighted by atomic mass is 19.4. The van der Waals surface area contributed by atoms with Crippen LogP contribution in [-0.4, -0.2) is 59.4 Å². The van der Waals surface area contributed by atoms with E-state index >= 15 is 0 Å². The lowest BCUT2D eigenvalue weighted by Crippen LogP contribution is -2.39. The number of aliphatic hydroxyl groups excluding tert-OH is 2. The third-order valence-corrected chi connectivity index (χ3v) is 8.87. The average Bonchev–Trinajstić information content (AvgIpc) is 3.27. The Hall–Kier alpha value is -0.890. The van der Waals surface area contributed by atoms with Crippen molar-refractivity contribution in [2.75, 3.05) is 19.6 Å². The highest BCUT2D eigenvalue weighted by molar-refractivity contribution is 5.26. The van der Waals surface area contributed by atoms with E-state index < -0.39 is 24.7 Å². The van der Waals surface area contributed by atoms with Crippen molar-refractivity contribution < 1.29 is 28.1 Å². The van der Waals surface area contributed by atoms with Crippen LogP contribution in [0, 0.1) is 23.2 Å². The molecule has 33 heavy (non-hydrogen) atoms. The van der Waals surface area contributed by atoms with Gasteiger partial charge in [-0.25, -0.2) is 0 Å². The normalized spacial score (nSPS) is 41.6. The van der Waals surface area contributed by atoms with E-state index in [9.17, 15) is 23.4 Å². The molecule has 0 bridgehead atoms. The quantitative estimate of drug-likeness (QED) is 0.578. The molecule has 2 N–H and O–H groups in total.